The van der Waals surface area contributed by atoms with Crippen LogP contribution in [-0.2, 0) is 7.05 Å². The van der Waals surface area contributed by atoms with Gasteiger partial charge in [0.1, 0.15) is 0 Å². The van der Waals surface area contributed by atoms with Gasteiger partial charge in [-0.3, -0.25) is 9.59 Å². The highest BCUT2D eigenvalue weighted by molar-refractivity contribution is 7.19. The molecule has 0 fully saturated rings. The minimum atomic E-state index is -0.304. The number of thiophene rings is 1. The number of Topliss-reactive ketones (excluding diaryl/α,β-unsaturated/α-hetero) is 2. The van der Waals surface area contributed by atoms with Crippen molar-refractivity contribution in [2.75, 3.05) is 0 Å². The van der Waals surface area contributed by atoms with Gasteiger partial charge in [-0.2, -0.15) is 0 Å². The topological polar surface area (TPSA) is 39.1 Å². The number of rotatable bonds is 1. The van der Waals surface area contributed by atoms with Gasteiger partial charge in [-0.1, -0.05) is 23.2 Å². The second-order valence-corrected chi connectivity index (χ2v) is 7.70. The fourth-order valence-corrected chi connectivity index (χ4v) is 4.38. The number of carbonyl (C=O) groups is 2. The van der Waals surface area contributed by atoms with E-state index in [1.54, 1.807) is 17.4 Å². The summed E-state index contributed by atoms with van der Waals surface area (Å²) in [4.78, 5) is 26.0. The van der Waals surface area contributed by atoms with Crippen LogP contribution in [-0.4, -0.2) is 16.1 Å². The number of aromatic nitrogens is 1. The first-order valence-electron chi connectivity index (χ1n) is 7.23. The predicted octanol–water partition coefficient (Wildman–Crippen LogP) is 5.32. The molecule has 3 nitrogen and oxygen atoms in total. The number of hydrogen-bond donors (Lipinski definition) is 0. The van der Waals surface area contributed by atoms with Crippen molar-refractivity contribution in [2.24, 2.45) is 7.05 Å². The van der Waals surface area contributed by atoms with Crippen LogP contribution in [0.2, 0.25) is 10.0 Å². The minimum Gasteiger partial charge on any atom is -0.347 e. The molecule has 6 heteroatoms. The summed E-state index contributed by atoms with van der Waals surface area (Å²) in [5.74, 6) is -0.607. The Morgan fingerprint density at radius 3 is 2.12 bits per heavy atom. The van der Waals surface area contributed by atoms with E-state index in [0.717, 1.165) is 15.1 Å². The van der Waals surface area contributed by atoms with Gasteiger partial charge in [0.05, 0.1) is 25.8 Å². The lowest BCUT2D eigenvalue weighted by atomic mass is 10.1. The van der Waals surface area contributed by atoms with Crippen LogP contribution in [0.3, 0.4) is 0 Å². The first kappa shape index (κ1) is 15.6. The van der Waals surface area contributed by atoms with Crippen molar-refractivity contribution >= 4 is 62.4 Å². The lowest BCUT2D eigenvalue weighted by Crippen LogP contribution is -1.99. The Hall–Kier alpha value is -1.88. The van der Waals surface area contributed by atoms with Crippen molar-refractivity contribution in [3.63, 3.8) is 0 Å². The quantitative estimate of drug-likeness (QED) is 0.426. The normalized spacial score (nSPS) is 13.9. The van der Waals surface area contributed by atoms with Crippen molar-refractivity contribution in [3.8, 4) is 0 Å². The molecule has 2 heterocycles. The molecule has 120 valence electrons. The lowest BCUT2D eigenvalue weighted by molar-refractivity contribution is 0.0990. The molecule has 0 spiro atoms. The van der Waals surface area contributed by atoms with Gasteiger partial charge in [0.15, 0.2) is 11.6 Å². The Bertz CT molecular complexity index is 1050. The monoisotopic (exact) mass is 375 g/mol. The molecule has 0 amide bonds. The molecule has 0 saturated heterocycles. The van der Waals surface area contributed by atoms with E-state index in [1.807, 2.05) is 20.0 Å². The Morgan fingerprint density at radius 2 is 1.58 bits per heavy atom. The van der Waals surface area contributed by atoms with E-state index >= 15 is 0 Å². The maximum absolute atomic E-state index is 12.6. The summed E-state index contributed by atoms with van der Waals surface area (Å²) < 4.78 is 3.21. The number of benzene rings is 1. The second-order valence-electron chi connectivity index (χ2n) is 5.77. The van der Waals surface area contributed by atoms with E-state index in [1.165, 1.54) is 17.8 Å². The van der Waals surface area contributed by atoms with Crippen molar-refractivity contribution < 1.29 is 9.59 Å². The number of nitrogens with zero attached hydrogens (tertiary/aromatic N) is 1. The number of allylic oxidation sites excluding steroid dienone is 1. The van der Waals surface area contributed by atoms with E-state index in [4.69, 9.17) is 23.2 Å². The third kappa shape index (κ3) is 2.18. The van der Waals surface area contributed by atoms with Gasteiger partial charge < -0.3 is 4.57 Å². The summed E-state index contributed by atoms with van der Waals surface area (Å²) >= 11 is 13.5. The number of halogens is 2. The van der Waals surface area contributed by atoms with E-state index in [-0.39, 0.29) is 27.2 Å². The predicted molar refractivity (Wildman–Crippen MR) is 98.6 cm³/mol. The fourth-order valence-electron chi connectivity index (χ4n) is 2.92. The van der Waals surface area contributed by atoms with Crippen LogP contribution < -0.4 is 0 Å². The first-order valence-corrected chi connectivity index (χ1v) is 8.80. The molecule has 1 aliphatic carbocycles. The minimum absolute atomic E-state index is 0.159. The zero-order valence-electron chi connectivity index (χ0n) is 12.8. The molecule has 24 heavy (non-hydrogen) atoms. The fraction of sp³-hybridized carbons (Fsp3) is 0.111. The standard InChI is InChI=1S/C18H11Cl2NO2S/c1-8-3-16-15(21(8)2)5-9(24-16)4-12-17(22)10-6-13(19)14(20)7-11(10)18(12)23/h3-7H,1-2H3. The third-order valence-electron chi connectivity index (χ3n) is 4.32. The largest absolute Gasteiger partial charge is 0.347 e. The number of fused-ring (bicyclic) bond motifs is 2. The van der Waals surface area contributed by atoms with E-state index in [2.05, 4.69) is 10.6 Å². The highest BCUT2D eigenvalue weighted by atomic mass is 35.5. The molecular weight excluding hydrogens is 365 g/mol. The van der Waals surface area contributed by atoms with Gasteiger partial charge in [0, 0.05) is 28.7 Å². The molecule has 0 radical (unpaired) electrons. The van der Waals surface area contributed by atoms with E-state index in [9.17, 15) is 9.59 Å². The van der Waals surface area contributed by atoms with Gasteiger partial charge in [-0.25, -0.2) is 0 Å². The molecule has 0 atom stereocenters. The van der Waals surface area contributed by atoms with Crippen LogP contribution in [0.15, 0.2) is 29.8 Å². The second kappa shape index (κ2) is 5.31. The van der Waals surface area contributed by atoms with Crippen molar-refractivity contribution in [1.82, 2.24) is 4.57 Å². The molecule has 0 aliphatic heterocycles. The van der Waals surface area contributed by atoms with Crippen molar-refractivity contribution in [1.29, 1.82) is 0 Å². The van der Waals surface area contributed by atoms with Crippen molar-refractivity contribution in [3.05, 3.63) is 61.6 Å². The number of ketones is 2. The third-order valence-corrected chi connectivity index (χ3v) is 6.06. The molecule has 0 N–H and O–H groups in total. The van der Waals surface area contributed by atoms with Crippen LogP contribution in [0.25, 0.3) is 16.3 Å². The molecule has 4 rings (SSSR count). The zero-order valence-corrected chi connectivity index (χ0v) is 15.1. The summed E-state index contributed by atoms with van der Waals surface area (Å²) in [5, 5.41) is 0.547. The highest BCUT2D eigenvalue weighted by Crippen LogP contribution is 2.36. The number of hydrogen-bond acceptors (Lipinski definition) is 3. The molecule has 1 aromatic carbocycles. The summed E-state index contributed by atoms with van der Waals surface area (Å²) in [6.07, 6.45) is 1.66. The molecule has 3 aromatic rings. The molecule has 1 aliphatic rings. The molecule has 2 aromatic heterocycles. The van der Waals surface area contributed by atoms with Crippen LogP contribution in [0, 0.1) is 6.92 Å². The Labute approximate surface area is 152 Å². The van der Waals surface area contributed by atoms with E-state index < -0.39 is 0 Å². The van der Waals surface area contributed by atoms with Crippen LogP contribution in [0.4, 0.5) is 0 Å². The SMILES string of the molecule is Cc1cc2sc(C=C3C(=O)c4cc(Cl)c(Cl)cc4C3=O)cc2n1C. The van der Waals surface area contributed by atoms with Crippen LogP contribution >= 0.6 is 34.5 Å². The van der Waals surface area contributed by atoms with Gasteiger partial charge in [-0.05, 0) is 37.3 Å². The van der Waals surface area contributed by atoms with Crippen LogP contribution in [0.1, 0.15) is 31.3 Å². The first-order chi connectivity index (χ1) is 11.4. The molecular formula is C18H11Cl2NO2S. The maximum Gasteiger partial charge on any atom is 0.197 e. The van der Waals surface area contributed by atoms with Crippen LogP contribution in [0.5, 0.6) is 0 Å². The molecule has 0 bridgehead atoms. The van der Waals surface area contributed by atoms with Crippen molar-refractivity contribution in [2.45, 2.75) is 6.92 Å². The summed E-state index contributed by atoms with van der Waals surface area (Å²) in [5.41, 5.74) is 3.05. The molecule has 0 saturated carbocycles. The Balaban J connectivity index is 1.82. The van der Waals surface area contributed by atoms with Gasteiger partial charge in [0.25, 0.3) is 0 Å². The Kier molecular flexibility index (Phi) is 3.46. The highest BCUT2D eigenvalue weighted by Gasteiger charge is 2.34. The lowest BCUT2D eigenvalue weighted by Gasteiger charge is -1.98. The van der Waals surface area contributed by atoms with Gasteiger partial charge in [0.2, 0.25) is 0 Å². The van der Waals surface area contributed by atoms with E-state index in [0.29, 0.717) is 11.1 Å². The zero-order chi connectivity index (χ0) is 17.2. The Morgan fingerprint density at radius 1 is 1.00 bits per heavy atom. The smallest absolute Gasteiger partial charge is 0.197 e. The van der Waals surface area contributed by atoms with Gasteiger partial charge >= 0.3 is 0 Å². The summed E-state index contributed by atoms with van der Waals surface area (Å²) in [6.45, 7) is 2.04. The summed E-state index contributed by atoms with van der Waals surface area (Å²) in [7, 11) is 1.99. The number of carbonyl (C=O) groups excluding carboxylic acids is 2. The molecule has 0 unspecified atom stereocenters. The average Bonchev–Trinajstić information content (AvgIpc) is 3.11. The summed E-state index contributed by atoms with van der Waals surface area (Å²) in [6, 6.07) is 7.02. The maximum atomic E-state index is 12.6. The average molecular weight is 376 g/mol. The van der Waals surface area contributed by atoms with Gasteiger partial charge in [-0.15, -0.1) is 11.3 Å². The number of aryl methyl sites for hydroxylation is 2.